The zero-order chi connectivity index (χ0) is 16.7. The average Bonchev–Trinajstić information content (AvgIpc) is 3.04. The molecular weight excluding hydrogens is 352 g/mol. The molecule has 0 aliphatic carbocycles. The van der Waals surface area contributed by atoms with Crippen LogP contribution >= 0.6 is 12.4 Å². The Balaban J connectivity index is 0.00000208. The summed E-state index contributed by atoms with van der Waals surface area (Å²) in [5.74, 6) is 0. The SMILES string of the molecule is CC1(C)CN(S(=O)(=O)c2ccc(-n3cnnn3)cc2)CCC1N.Cl. The molecule has 2 N–H and O–H groups in total. The molecule has 10 heteroatoms. The van der Waals surface area contributed by atoms with Gasteiger partial charge in [-0.15, -0.1) is 17.5 Å². The lowest BCUT2D eigenvalue weighted by atomic mass is 9.81. The highest BCUT2D eigenvalue weighted by Crippen LogP contribution is 2.31. The predicted octanol–water partition coefficient (Wildman–Crippen LogP) is 0.832. The van der Waals surface area contributed by atoms with E-state index < -0.39 is 10.0 Å². The Morgan fingerprint density at radius 1 is 1.25 bits per heavy atom. The van der Waals surface area contributed by atoms with Crippen molar-refractivity contribution in [2.75, 3.05) is 13.1 Å². The van der Waals surface area contributed by atoms with Gasteiger partial charge in [-0.1, -0.05) is 13.8 Å². The molecule has 1 aromatic heterocycles. The van der Waals surface area contributed by atoms with Crippen molar-refractivity contribution >= 4 is 22.4 Å². The Morgan fingerprint density at radius 3 is 2.46 bits per heavy atom. The summed E-state index contributed by atoms with van der Waals surface area (Å²) in [6.07, 6.45) is 2.12. The Labute approximate surface area is 147 Å². The Kier molecular flexibility index (Phi) is 5.28. The van der Waals surface area contributed by atoms with Crippen molar-refractivity contribution in [2.24, 2.45) is 11.1 Å². The van der Waals surface area contributed by atoms with Crippen LogP contribution in [0.5, 0.6) is 0 Å². The first-order valence-electron chi connectivity index (χ1n) is 7.40. The van der Waals surface area contributed by atoms with Crippen LogP contribution in [-0.2, 0) is 10.0 Å². The minimum absolute atomic E-state index is 0. The number of sulfonamides is 1. The van der Waals surface area contributed by atoms with E-state index in [1.54, 1.807) is 24.3 Å². The van der Waals surface area contributed by atoms with E-state index in [-0.39, 0.29) is 28.8 Å². The molecule has 1 atom stereocenters. The van der Waals surface area contributed by atoms with Crippen LogP contribution in [-0.4, -0.2) is 52.1 Å². The Morgan fingerprint density at radius 2 is 1.92 bits per heavy atom. The molecule has 8 nitrogen and oxygen atoms in total. The molecule has 0 amide bonds. The van der Waals surface area contributed by atoms with E-state index >= 15 is 0 Å². The van der Waals surface area contributed by atoms with Crippen molar-refractivity contribution in [3.8, 4) is 5.69 Å². The fraction of sp³-hybridized carbons (Fsp3) is 0.500. The lowest BCUT2D eigenvalue weighted by Crippen LogP contribution is -2.53. The smallest absolute Gasteiger partial charge is 0.243 e. The number of hydrogen-bond donors (Lipinski definition) is 1. The van der Waals surface area contributed by atoms with Gasteiger partial charge in [0.05, 0.1) is 10.6 Å². The number of tetrazole rings is 1. The monoisotopic (exact) mass is 372 g/mol. The highest BCUT2D eigenvalue weighted by atomic mass is 35.5. The van der Waals surface area contributed by atoms with Gasteiger partial charge in [0.2, 0.25) is 10.0 Å². The van der Waals surface area contributed by atoms with Gasteiger partial charge in [-0.05, 0) is 46.5 Å². The predicted molar refractivity (Wildman–Crippen MR) is 91.5 cm³/mol. The Hall–Kier alpha value is -1.55. The number of nitrogens with zero attached hydrogens (tertiary/aromatic N) is 5. The fourth-order valence-corrected chi connectivity index (χ4v) is 4.36. The number of aromatic nitrogens is 4. The topological polar surface area (TPSA) is 107 Å². The molecule has 1 unspecified atom stereocenters. The maximum Gasteiger partial charge on any atom is 0.243 e. The number of benzene rings is 1. The molecule has 1 aromatic carbocycles. The zero-order valence-corrected chi connectivity index (χ0v) is 15.2. The number of hydrogen-bond acceptors (Lipinski definition) is 6. The first-order valence-corrected chi connectivity index (χ1v) is 8.84. The lowest BCUT2D eigenvalue weighted by molar-refractivity contribution is 0.155. The molecular formula is C14H21ClN6O2S. The van der Waals surface area contributed by atoms with Gasteiger partial charge >= 0.3 is 0 Å². The molecule has 1 aliphatic heterocycles. The summed E-state index contributed by atoms with van der Waals surface area (Å²) in [7, 11) is -3.53. The summed E-state index contributed by atoms with van der Waals surface area (Å²) in [5.41, 5.74) is 6.55. The number of rotatable bonds is 3. The third-order valence-electron chi connectivity index (χ3n) is 4.37. The number of nitrogens with two attached hydrogens (primary N) is 1. The van der Waals surface area contributed by atoms with E-state index in [0.717, 1.165) is 0 Å². The molecule has 1 aliphatic rings. The number of piperidine rings is 1. The van der Waals surface area contributed by atoms with Gasteiger partial charge in [0, 0.05) is 19.1 Å². The summed E-state index contributed by atoms with van der Waals surface area (Å²) >= 11 is 0. The van der Waals surface area contributed by atoms with E-state index in [9.17, 15) is 8.42 Å². The largest absolute Gasteiger partial charge is 0.327 e. The second-order valence-corrected chi connectivity index (χ2v) is 8.41. The molecule has 0 saturated carbocycles. The van der Waals surface area contributed by atoms with Crippen LogP contribution in [0.25, 0.3) is 5.69 Å². The van der Waals surface area contributed by atoms with Gasteiger partial charge in [0.25, 0.3) is 0 Å². The maximum atomic E-state index is 12.8. The summed E-state index contributed by atoms with van der Waals surface area (Å²) in [4.78, 5) is 0.264. The fourth-order valence-electron chi connectivity index (χ4n) is 2.73. The molecule has 2 heterocycles. The third-order valence-corrected chi connectivity index (χ3v) is 6.22. The van der Waals surface area contributed by atoms with Crippen LogP contribution in [0, 0.1) is 5.41 Å². The van der Waals surface area contributed by atoms with E-state index in [1.807, 2.05) is 13.8 Å². The molecule has 132 valence electrons. The van der Waals surface area contributed by atoms with Crippen LogP contribution < -0.4 is 5.73 Å². The van der Waals surface area contributed by atoms with Crippen molar-refractivity contribution in [2.45, 2.75) is 31.2 Å². The minimum atomic E-state index is -3.53. The standard InChI is InChI=1S/C14H20N6O2S.ClH/c1-14(2)9-19(8-7-13(14)15)23(21,22)12-5-3-11(4-6-12)20-10-16-17-18-20;/h3-6,10,13H,7-9,15H2,1-2H3;1H. The van der Waals surface area contributed by atoms with Crippen LogP contribution in [0.2, 0.25) is 0 Å². The van der Waals surface area contributed by atoms with Crippen molar-refractivity contribution in [3.05, 3.63) is 30.6 Å². The van der Waals surface area contributed by atoms with Gasteiger partial charge in [-0.2, -0.15) is 4.31 Å². The Bertz CT molecular complexity index is 776. The third kappa shape index (κ3) is 3.44. The molecule has 3 rings (SSSR count). The minimum Gasteiger partial charge on any atom is -0.327 e. The first kappa shape index (κ1) is 18.8. The summed E-state index contributed by atoms with van der Waals surface area (Å²) in [5, 5.41) is 10.9. The molecule has 1 saturated heterocycles. The molecule has 2 aromatic rings. The average molecular weight is 373 g/mol. The highest BCUT2D eigenvalue weighted by molar-refractivity contribution is 7.89. The van der Waals surface area contributed by atoms with Crippen LogP contribution in [0.15, 0.2) is 35.5 Å². The van der Waals surface area contributed by atoms with E-state index in [4.69, 9.17) is 5.73 Å². The van der Waals surface area contributed by atoms with Crippen molar-refractivity contribution in [1.29, 1.82) is 0 Å². The quantitative estimate of drug-likeness (QED) is 0.855. The van der Waals surface area contributed by atoms with Gasteiger partial charge in [0.1, 0.15) is 6.33 Å². The first-order chi connectivity index (χ1) is 10.8. The lowest BCUT2D eigenvalue weighted by Gasteiger charge is -2.41. The summed E-state index contributed by atoms with van der Waals surface area (Å²) < 4.78 is 28.6. The molecule has 0 bridgehead atoms. The summed E-state index contributed by atoms with van der Waals surface area (Å²) in [6, 6.07) is 6.53. The zero-order valence-electron chi connectivity index (χ0n) is 13.5. The van der Waals surface area contributed by atoms with Crippen LogP contribution in [0.1, 0.15) is 20.3 Å². The molecule has 0 spiro atoms. The second kappa shape index (κ2) is 6.75. The molecule has 24 heavy (non-hydrogen) atoms. The molecule has 1 fully saturated rings. The summed E-state index contributed by atoms with van der Waals surface area (Å²) in [6.45, 7) is 4.87. The van der Waals surface area contributed by atoms with Gasteiger partial charge in [-0.25, -0.2) is 13.1 Å². The van der Waals surface area contributed by atoms with Gasteiger partial charge < -0.3 is 5.73 Å². The van der Waals surface area contributed by atoms with Gasteiger partial charge in [-0.3, -0.25) is 0 Å². The normalized spacial score (nSPS) is 21.2. The molecule has 0 radical (unpaired) electrons. The maximum absolute atomic E-state index is 12.8. The van der Waals surface area contributed by atoms with Crippen LogP contribution in [0.4, 0.5) is 0 Å². The second-order valence-electron chi connectivity index (χ2n) is 6.47. The van der Waals surface area contributed by atoms with E-state index in [0.29, 0.717) is 25.2 Å². The van der Waals surface area contributed by atoms with E-state index in [2.05, 4.69) is 15.5 Å². The van der Waals surface area contributed by atoms with Crippen molar-refractivity contribution in [3.63, 3.8) is 0 Å². The van der Waals surface area contributed by atoms with Crippen molar-refractivity contribution in [1.82, 2.24) is 24.5 Å². The van der Waals surface area contributed by atoms with Gasteiger partial charge in [0.15, 0.2) is 0 Å². The highest BCUT2D eigenvalue weighted by Gasteiger charge is 2.38. The van der Waals surface area contributed by atoms with Crippen molar-refractivity contribution < 1.29 is 8.42 Å². The number of halogens is 1. The van der Waals surface area contributed by atoms with E-state index in [1.165, 1.54) is 15.3 Å². The van der Waals surface area contributed by atoms with Crippen LogP contribution in [0.3, 0.4) is 0 Å².